The van der Waals surface area contributed by atoms with Gasteiger partial charge in [-0.05, 0) is 56.2 Å². The molecule has 158 valence electrons. The monoisotopic (exact) mass is 464 g/mol. The van der Waals surface area contributed by atoms with Crippen LogP contribution in [0.5, 0.6) is 5.75 Å². The van der Waals surface area contributed by atoms with Gasteiger partial charge in [-0.15, -0.1) is 10.2 Å². The molecule has 0 spiro atoms. The Morgan fingerprint density at radius 3 is 2.73 bits per heavy atom. The Labute approximate surface area is 189 Å². The minimum absolute atomic E-state index is 0.139. The molecule has 0 fully saturated rings. The van der Waals surface area contributed by atoms with E-state index in [1.54, 1.807) is 18.2 Å². The summed E-state index contributed by atoms with van der Waals surface area (Å²) in [5.41, 5.74) is 2.60. The van der Waals surface area contributed by atoms with Crippen molar-refractivity contribution in [3.05, 3.63) is 63.4 Å². The fraction of sp³-hybridized carbons (Fsp3) is 0.286. The Hall–Kier alpha value is -2.22. The first-order chi connectivity index (χ1) is 14.4. The van der Waals surface area contributed by atoms with Gasteiger partial charge >= 0.3 is 0 Å². The Morgan fingerprint density at radius 1 is 1.17 bits per heavy atom. The van der Waals surface area contributed by atoms with Crippen LogP contribution < -0.4 is 10.1 Å². The number of thioether (sulfide) groups is 1. The van der Waals surface area contributed by atoms with E-state index in [9.17, 15) is 4.79 Å². The molecule has 0 aliphatic heterocycles. The molecule has 9 heteroatoms. The van der Waals surface area contributed by atoms with Crippen LogP contribution >= 0.6 is 35.0 Å². The first-order valence-electron chi connectivity index (χ1n) is 9.37. The molecule has 3 aromatic rings. The minimum Gasteiger partial charge on any atom is -0.484 e. The lowest BCUT2D eigenvalue weighted by molar-refractivity contribution is -0.113. The molecule has 1 N–H and O–H groups in total. The maximum atomic E-state index is 12.4. The molecule has 0 bridgehead atoms. The Balaban J connectivity index is 1.62. The number of aromatic nitrogens is 3. The van der Waals surface area contributed by atoms with Gasteiger partial charge in [0.25, 0.3) is 0 Å². The average molecular weight is 465 g/mol. The number of hydrogen-bond acceptors (Lipinski definition) is 5. The lowest BCUT2D eigenvalue weighted by atomic mass is 10.2. The van der Waals surface area contributed by atoms with Crippen LogP contribution in [0.25, 0.3) is 0 Å². The third-order valence-electron chi connectivity index (χ3n) is 4.43. The average Bonchev–Trinajstić information content (AvgIpc) is 3.12. The Morgan fingerprint density at radius 2 is 1.97 bits per heavy atom. The van der Waals surface area contributed by atoms with Crippen molar-refractivity contribution in [3.8, 4) is 5.75 Å². The fourth-order valence-corrected chi connectivity index (χ4v) is 3.94. The van der Waals surface area contributed by atoms with Crippen LogP contribution in [0.4, 0.5) is 5.69 Å². The standard InChI is InChI=1S/C21H22Cl2N4O2S/c1-4-27-19(11-29-18-10-13(2)8-9-16(18)23)25-26-21(27)30-12-20(28)24-17-7-5-6-15(22)14(17)3/h5-10H,4,11-12H2,1-3H3,(H,24,28). The summed E-state index contributed by atoms with van der Waals surface area (Å²) < 4.78 is 7.76. The number of ether oxygens (including phenoxy) is 1. The van der Waals surface area contributed by atoms with Crippen molar-refractivity contribution in [1.29, 1.82) is 0 Å². The number of aryl methyl sites for hydroxylation is 1. The highest BCUT2D eigenvalue weighted by Gasteiger charge is 2.15. The molecule has 0 aliphatic rings. The van der Waals surface area contributed by atoms with Gasteiger partial charge in [0.2, 0.25) is 5.91 Å². The number of halogens is 2. The molecule has 1 heterocycles. The molecule has 6 nitrogen and oxygen atoms in total. The number of benzene rings is 2. The predicted octanol–water partition coefficient (Wildman–Crippen LogP) is 5.53. The summed E-state index contributed by atoms with van der Waals surface area (Å²) in [7, 11) is 0. The number of nitrogens with one attached hydrogen (secondary N) is 1. The van der Waals surface area contributed by atoms with Gasteiger partial charge in [-0.1, -0.05) is 47.1 Å². The second-order valence-corrected chi connectivity index (χ2v) is 8.37. The first-order valence-corrected chi connectivity index (χ1v) is 11.1. The van der Waals surface area contributed by atoms with Crippen molar-refractivity contribution in [2.24, 2.45) is 0 Å². The molecule has 0 aliphatic carbocycles. The van der Waals surface area contributed by atoms with Crippen molar-refractivity contribution in [2.45, 2.75) is 39.1 Å². The third kappa shape index (κ3) is 5.47. The molecule has 0 atom stereocenters. The third-order valence-corrected chi connectivity index (χ3v) is 6.12. The summed E-state index contributed by atoms with van der Waals surface area (Å²) in [5, 5.41) is 13.1. The van der Waals surface area contributed by atoms with Crippen molar-refractivity contribution < 1.29 is 9.53 Å². The minimum atomic E-state index is -0.139. The van der Waals surface area contributed by atoms with Crippen LogP contribution in [0.3, 0.4) is 0 Å². The van der Waals surface area contributed by atoms with E-state index in [1.165, 1.54) is 11.8 Å². The maximum Gasteiger partial charge on any atom is 0.234 e. The number of rotatable bonds is 8. The molecular formula is C21H22Cl2N4O2S. The second kappa shape index (κ2) is 10.2. The molecule has 1 aromatic heterocycles. The molecule has 3 rings (SSSR count). The van der Waals surface area contributed by atoms with E-state index in [-0.39, 0.29) is 18.3 Å². The second-order valence-electron chi connectivity index (χ2n) is 6.61. The van der Waals surface area contributed by atoms with Crippen LogP contribution in [0.1, 0.15) is 23.9 Å². The smallest absolute Gasteiger partial charge is 0.234 e. The van der Waals surface area contributed by atoms with Gasteiger partial charge < -0.3 is 14.6 Å². The van der Waals surface area contributed by atoms with Gasteiger partial charge in [-0.2, -0.15) is 0 Å². The van der Waals surface area contributed by atoms with Gasteiger partial charge in [-0.3, -0.25) is 4.79 Å². The molecule has 2 aromatic carbocycles. The number of carbonyl (C=O) groups is 1. The van der Waals surface area contributed by atoms with E-state index >= 15 is 0 Å². The van der Waals surface area contributed by atoms with Crippen molar-refractivity contribution in [2.75, 3.05) is 11.1 Å². The summed E-state index contributed by atoms with van der Waals surface area (Å²) in [5.74, 6) is 1.34. The largest absolute Gasteiger partial charge is 0.484 e. The van der Waals surface area contributed by atoms with Crippen LogP contribution in [-0.2, 0) is 17.9 Å². The van der Waals surface area contributed by atoms with Gasteiger partial charge in [-0.25, -0.2) is 0 Å². The number of amides is 1. The van der Waals surface area contributed by atoms with Crippen LogP contribution in [-0.4, -0.2) is 26.4 Å². The highest BCUT2D eigenvalue weighted by atomic mass is 35.5. The normalized spacial score (nSPS) is 10.8. The molecule has 30 heavy (non-hydrogen) atoms. The molecule has 0 saturated carbocycles. The van der Waals surface area contributed by atoms with E-state index in [2.05, 4.69) is 15.5 Å². The van der Waals surface area contributed by atoms with Crippen LogP contribution in [0.15, 0.2) is 41.6 Å². The number of carbonyl (C=O) groups excluding carboxylic acids is 1. The van der Waals surface area contributed by atoms with Crippen molar-refractivity contribution >= 4 is 46.6 Å². The van der Waals surface area contributed by atoms with Gasteiger partial charge in [0.05, 0.1) is 10.8 Å². The van der Waals surface area contributed by atoms with Crippen molar-refractivity contribution in [1.82, 2.24) is 14.8 Å². The summed E-state index contributed by atoms with van der Waals surface area (Å²) in [6.45, 7) is 6.73. The van der Waals surface area contributed by atoms with Gasteiger partial charge in [0.15, 0.2) is 11.0 Å². The fourth-order valence-electron chi connectivity index (χ4n) is 2.77. The zero-order valence-corrected chi connectivity index (χ0v) is 19.2. The van der Waals surface area contributed by atoms with E-state index < -0.39 is 0 Å². The summed E-state index contributed by atoms with van der Waals surface area (Å²) in [6.07, 6.45) is 0. The summed E-state index contributed by atoms with van der Waals surface area (Å²) >= 11 is 13.6. The molecule has 0 unspecified atom stereocenters. The Bertz CT molecular complexity index is 1060. The predicted molar refractivity (Wildman–Crippen MR) is 122 cm³/mol. The van der Waals surface area contributed by atoms with E-state index in [1.807, 2.05) is 43.5 Å². The number of nitrogens with zero attached hydrogens (tertiary/aromatic N) is 3. The van der Waals surface area contributed by atoms with E-state index in [4.69, 9.17) is 27.9 Å². The zero-order chi connectivity index (χ0) is 21.7. The highest BCUT2D eigenvalue weighted by molar-refractivity contribution is 7.99. The van der Waals surface area contributed by atoms with Crippen LogP contribution in [0, 0.1) is 13.8 Å². The number of hydrogen-bond donors (Lipinski definition) is 1. The van der Waals surface area contributed by atoms with Gasteiger partial charge in [0, 0.05) is 17.3 Å². The summed E-state index contributed by atoms with van der Waals surface area (Å²) in [4.78, 5) is 12.4. The molecular weight excluding hydrogens is 443 g/mol. The molecule has 0 radical (unpaired) electrons. The lowest BCUT2D eigenvalue weighted by Crippen LogP contribution is -2.15. The van der Waals surface area contributed by atoms with E-state index in [0.29, 0.717) is 39.0 Å². The Kier molecular flexibility index (Phi) is 7.64. The molecule has 0 saturated heterocycles. The van der Waals surface area contributed by atoms with Crippen molar-refractivity contribution in [3.63, 3.8) is 0 Å². The quantitative estimate of drug-likeness (QED) is 0.443. The first kappa shape index (κ1) is 22.5. The van der Waals surface area contributed by atoms with Gasteiger partial charge in [0.1, 0.15) is 12.4 Å². The summed E-state index contributed by atoms with van der Waals surface area (Å²) in [6, 6.07) is 11.0. The number of anilines is 1. The SMILES string of the molecule is CCn1c(COc2cc(C)ccc2Cl)nnc1SCC(=O)Nc1cccc(Cl)c1C. The lowest BCUT2D eigenvalue weighted by Gasteiger charge is -2.11. The molecule has 1 amide bonds. The topological polar surface area (TPSA) is 69.0 Å². The van der Waals surface area contributed by atoms with Crippen LogP contribution in [0.2, 0.25) is 10.0 Å². The maximum absolute atomic E-state index is 12.4. The zero-order valence-electron chi connectivity index (χ0n) is 16.9. The van der Waals surface area contributed by atoms with E-state index in [0.717, 1.165) is 11.1 Å². The highest BCUT2D eigenvalue weighted by Crippen LogP contribution is 2.27.